The van der Waals surface area contributed by atoms with E-state index in [2.05, 4.69) is 15.2 Å². The summed E-state index contributed by atoms with van der Waals surface area (Å²) in [6.45, 7) is 1.65. The number of nitrogens with one attached hydrogen (secondary N) is 1. The smallest absolute Gasteiger partial charge is 0.339 e. The third-order valence-corrected chi connectivity index (χ3v) is 3.35. The predicted octanol–water partition coefficient (Wildman–Crippen LogP) is 2.56. The van der Waals surface area contributed by atoms with Crippen LogP contribution in [0, 0.1) is 6.92 Å². The van der Waals surface area contributed by atoms with Crippen LogP contribution in [0.1, 0.15) is 36.6 Å². The van der Waals surface area contributed by atoms with Gasteiger partial charge >= 0.3 is 17.9 Å². The third-order valence-electron chi connectivity index (χ3n) is 3.35. The Morgan fingerprint density at radius 2 is 1.56 bits per heavy atom. The van der Waals surface area contributed by atoms with E-state index in [1.807, 2.05) is 0 Å². The summed E-state index contributed by atoms with van der Waals surface area (Å²) >= 11 is 0. The molecule has 2 heterocycles. The van der Waals surface area contributed by atoms with Crippen LogP contribution in [0.5, 0.6) is 0 Å². The number of aromatic nitrogens is 3. The standard InChI is InChI=1S/C9H7N3O2.C9H8O4/c13-9(14)6-5-11-12-8(6)7-3-1-2-4-10-7;1-5-2-6(8(10)11)4-7(3-5)9(12)13/h1-5H,(H,11,12)(H,13,14);2-4H,1H3,(H,10,11)(H,12,13). The third kappa shape index (κ3) is 4.98. The lowest BCUT2D eigenvalue weighted by Crippen LogP contribution is -2.02. The molecule has 27 heavy (non-hydrogen) atoms. The summed E-state index contributed by atoms with van der Waals surface area (Å²) in [6, 6.07) is 9.24. The first-order valence-electron chi connectivity index (χ1n) is 7.56. The van der Waals surface area contributed by atoms with Crippen LogP contribution in [0.3, 0.4) is 0 Å². The van der Waals surface area contributed by atoms with Crippen LogP contribution in [-0.4, -0.2) is 48.4 Å². The molecule has 0 fully saturated rings. The van der Waals surface area contributed by atoms with Crippen molar-refractivity contribution in [2.24, 2.45) is 0 Å². The number of carboxylic acids is 3. The lowest BCUT2D eigenvalue weighted by atomic mass is 10.1. The predicted molar refractivity (Wildman–Crippen MR) is 93.9 cm³/mol. The van der Waals surface area contributed by atoms with Gasteiger partial charge in [-0.15, -0.1) is 0 Å². The molecule has 0 amide bonds. The highest BCUT2D eigenvalue weighted by molar-refractivity contribution is 5.94. The van der Waals surface area contributed by atoms with Crippen molar-refractivity contribution in [1.29, 1.82) is 0 Å². The fourth-order valence-electron chi connectivity index (χ4n) is 2.18. The van der Waals surface area contributed by atoms with Crippen molar-refractivity contribution in [2.45, 2.75) is 6.92 Å². The van der Waals surface area contributed by atoms with Crippen LogP contribution in [-0.2, 0) is 0 Å². The Kier molecular flexibility index (Phi) is 6.00. The van der Waals surface area contributed by atoms with E-state index in [1.54, 1.807) is 31.3 Å². The first-order chi connectivity index (χ1) is 12.8. The molecule has 0 aliphatic carbocycles. The lowest BCUT2D eigenvalue weighted by Gasteiger charge is -1.99. The van der Waals surface area contributed by atoms with Gasteiger partial charge in [0.1, 0.15) is 11.3 Å². The number of aromatic carboxylic acids is 3. The summed E-state index contributed by atoms with van der Waals surface area (Å²) in [5.41, 5.74) is 1.65. The Labute approximate surface area is 152 Å². The molecule has 0 spiro atoms. The number of aryl methyl sites for hydroxylation is 1. The van der Waals surface area contributed by atoms with Gasteiger partial charge in [0.15, 0.2) is 0 Å². The van der Waals surface area contributed by atoms with Crippen molar-refractivity contribution < 1.29 is 29.7 Å². The van der Waals surface area contributed by atoms with E-state index >= 15 is 0 Å². The summed E-state index contributed by atoms with van der Waals surface area (Å²) in [4.78, 5) is 35.9. The molecule has 9 heteroatoms. The van der Waals surface area contributed by atoms with Gasteiger partial charge in [0.05, 0.1) is 16.8 Å². The van der Waals surface area contributed by atoms with Crippen molar-refractivity contribution in [3.63, 3.8) is 0 Å². The van der Waals surface area contributed by atoms with Gasteiger partial charge in [-0.1, -0.05) is 6.07 Å². The van der Waals surface area contributed by atoms with Crippen LogP contribution in [0.25, 0.3) is 11.4 Å². The van der Waals surface area contributed by atoms with Crippen LogP contribution in [0.4, 0.5) is 0 Å². The van der Waals surface area contributed by atoms with Crippen molar-refractivity contribution in [1.82, 2.24) is 15.2 Å². The summed E-state index contributed by atoms with van der Waals surface area (Å²) in [5.74, 6) is -3.25. The maximum absolute atomic E-state index is 10.8. The molecule has 0 atom stereocenters. The highest BCUT2D eigenvalue weighted by Gasteiger charge is 2.14. The van der Waals surface area contributed by atoms with Crippen LogP contribution in [0.15, 0.2) is 48.8 Å². The molecule has 3 aromatic rings. The molecular weight excluding hydrogens is 354 g/mol. The number of benzene rings is 1. The van der Waals surface area contributed by atoms with Crippen molar-refractivity contribution in [3.05, 3.63) is 71.0 Å². The molecule has 1 aromatic carbocycles. The lowest BCUT2D eigenvalue weighted by molar-refractivity contribution is 0.0682. The second-order valence-electron chi connectivity index (χ2n) is 5.37. The Morgan fingerprint density at radius 3 is 2.04 bits per heavy atom. The van der Waals surface area contributed by atoms with Gasteiger partial charge in [0.2, 0.25) is 0 Å². The summed E-state index contributed by atoms with van der Waals surface area (Å²) in [5, 5.41) is 32.4. The Balaban J connectivity index is 0.000000194. The second kappa shape index (κ2) is 8.39. The maximum Gasteiger partial charge on any atom is 0.339 e. The molecule has 0 unspecified atom stereocenters. The molecule has 0 saturated carbocycles. The minimum atomic E-state index is -1.12. The van der Waals surface area contributed by atoms with E-state index in [-0.39, 0.29) is 16.7 Å². The zero-order valence-corrected chi connectivity index (χ0v) is 14.1. The number of pyridine rings is 1. The van der Waals surface area contributed by atoms with Crippen molar-refractivity contribution >= 4 is 17.9 Å². The SMILES string of the molecule is Cc1cc(C(=O)O)cc(C(=O)O)c1.O=C(O)c1c[nH]nc1-c1ccccn1. The summed E-state index contributed by atoms with van der Waals surface area (Å²) in [7, 11) is 0. The Bertz CT molecular complexity index is 950. The highest BCUT2D eigenvalue weighted by atomic mass is 16.4. The van der Waals surface area contributed by atoms with E-state index < -0.39 is 17.9 Å². The summed E-state index contributed by atoms with van der Waals surface area (Å²) in [6.07, 6.45) is 2.93. The Hall–Kier alpha value is -4.01. The van der Waals surface area contributed by atoms with E-state index in [0.29, 0.717) is 17.0 Å². The number of hydrogen-bond donors (Lipinski definition) is 4. The first kappa shape index (κ1) is 19.3. The number of aromatic amines is 1. The van der Waals surface area contributed by atoms with Crippen molar-refractivity contribution in [2.75, 3.05) is 0 Å². The van der Waals surface area contributed by atoms with E-state index in [0.717, 1.165) is 6.07 Å². The molecule has 0 radical (unpaired) electrons. The maximum atomic E-state index is 10.8. The molecule has 0 saturated heterocycles. The molecular formula is C18H15N3O6. The second-order valence-corrected chi connectivity index (χ2v) is 5.37. The van der Waals surface area contributed by atoms with Crippen LogP contribution >= 0.6 is 0 Å². The summed E-state index contributed by atoms with van der Waals surface area (Å²) < 4.78 is 0. The average molecular weight is 369 g/mol. The first-order valence-corrected chi connectivity index (χ1v) is 7.56. The monoisotopic (exact) mass is 369 g/mol. The molecule has 4 N–H and O–H groups in total. The zero-order valence-electron chi connectivity index (χ0n) is 14.1. The molecule has 138 valence electrons. The van der Waals surface area contributed by atoms with Crippen LogP contribution < -0.4 is 0 Å². The largest absolute Gasteiger partial charge is 0.478 e. The fourth-order valence-corrected chi connectivity index (χ4v) is 2.18. The normalized spacial score (nSPS) is 9.81. The molecule has 0 aliphatic rings. The number of hydrogen-bond acceptors (Lipinski definition) is 5. The number of carboxylic acid groups (broad SMARTS) is 3. The topological polar surface area (TPSA) is 153 Å². The minimum Gasteiger partial charge on any atom is -0.478 e. The van der Waals surface area contributed by atoms with Gasteiger partial charge in [-0.05, 0) is 42.8 Å². The number of H-pyrrole nitrogens is 1. The molecule has 0 aliphatic heterocycles. The van der Waals surface area contributed by atoms with Gasteiger partial charge in [-0.3, -0.25) is 10.1 Å². The van der Waals surface area contributed by atoms with Gasteiger partial charge in [-0.2, -0.15) is 5.10 Å². The van der Waals surface area contributed by atoms with Crippen LogP contribution in [0.2, 0.25) is 0 Å². The Morgan fingerprint density at radius 1 is 0.926 bits per heavy atom. The fraction of sp³-hybridized carbons (Fsp3) is 0.0556. The number of nitrogens with zero attached hydrogens (tertiary/aromatic N) is 2. The van der Waals surface area contributed by atoms with Gasteiger partial charge in [-0.25, -0.2) is 14.4 Å². The minimum absolute atomic E-state index is 0.00241. The number of carbonyl (C=O) groups is 3. The van der Waals surface area contributed by atoms with Gasteiger partial charge in [0, 0.05) is 12.4 Å². The zero-order chi connectivity index (χ0) is 20.0. The quantitative estimate of drug-likeness (QED) is 0.547. The highest BCUT2D eigenvalue weighted by Crippen LogP contribution is 2.17. The van der Waals surface area contributed by atoms with E-state index in [4.69, 9.17) is 15.3 Å². The molecule has 0 bridgehead atoms. The number of rotatable bonds is 4. The van der Waals surface area contributed by atoms with E-state index in [1.165, 1.54) is 18.3 Å². The molecule has 2 aromatic heterocycles. The average Bonchev–Trinajstić information content (AvgIpc) is 3.12. The van der Waals surface area contributed by atoms with Gasteiger partial charge < -0.3 is 15.3 Å². The molecule has 9 nitrogen and oxygen atoms in total. The van der Waals surface area contributed by atoms with Crippen molar-refractivity contribution in [3.8, 4) is 11.4 Å². The van der Waals surface area contributed by atoms with Gasteiger partial charge in [0.25, 0.3) is 0 Å². The molecule has 3 rings (SSSR count). The van der Waals surface area contributed by atoms with E-state index in [9.17, 15) is 14.4 Å².